The number of likely N-dealkylation sites (N-methyl/N-ethyl adjacent to an activating group) is 1. The lowest BCUT2D eigenvalue weighted by Crippen LogP contribution is -2.40. The first kappa shape index (κ1) is 19.0. The maximum atomic E-state index is 12.0. The highest BCUT2D eigenvalue weighted by atomic mass is 16.5. The van der Waals surface area contributed by atoms with Crippen LogP contribution in [0.4, 0.5) is 10.7 Å². The lowest BCUT2D eigenvalue weighted by molar-refractivity contribution is -0.140. The summed E-state index contributed by atoms with van der Waals surface area (Å²) < 4.78 is 7.62. The van der Waals surface area contributed by atoms with Crippen LogP contribution >= 0.6 is 0 Å². The topological polar surface area (TPSA) is 91.7 Å². The van der Waals surface area contributed by atoms with E-state index in [-0.39, 0.29) is 18.0 Å². The van der Waals surface area contributed by atoms with Crippen LogP contribution in [0.3, 0.4) is 0 Å². The Morgan fingerprint density at radius 3 is 2.60 bits per heavy atom. The maximum Gasteiger partial charge on any atom is 0.315 e. The number of rotatable bonds is 6. The van der Waals surface area contributed by atoms with E-state index in [0.29, 0.717) is 19.5 Å². The van der Waals surface area contributed by atoms with E-state index in [0.717, 1.165) is 18.1 Å². The van der Waals surface area contributed by atoms with Gasteiger partial charge in [-0.25, -0.2) is 9.78 Å². The van der Waals surface area contributed by atoms with Gasteiger partial charge in [0.1, 0.15) is 6.10 Å². The molecule has 1 aromatic rings. The van der Waals surface area contributed by atoms with Gasteiger partial charge in [-0.1, -0.05) is 0 Å². The number of hydrogen-bond acceptors (Lipinski definition) is 5. The lowest BCUT2D eigenvalue weighted by Gasteiger charge is -2.17. The first-order valence-corrected chi connectivity index (χ1v) is 8.35. The van der Waals surface area contributed by atoms with Gasteiger partial charge in [0.15, 0.2) is 0 Å². The summed E-state index contributed by atoms with van der Waals surface area (Å²) in [6.45, 7) is 0.772. The minimum absolute atomic E-state index is 0.0279. The van der Waals surface area contributed by atoms with Crippen LogP contribution in [0.15, 0.2) is 6.20 Å². The molecule has 0 aliphatic carbocycles. The molecule has 140 valence electrons. The van der Waals surface area contributed by atoms with Crippen LogP contribution in [-0.2, 0) is 23.1 Å². The second kappa shape index (κ2) is 8.19. The van der Waals surface area contributed by atoms with E-state index in [9.17, 15) is 9.59 Å². The molecule has 1 fully saturated rings. The van der Waals surface area contributed by atoms with Gasteiger partial charge in [0.2, 0.25) is 5.95 Å². The standard InChI is InChI=1S/C16H28N6O3/c1-20(2)14(23)13-7-6-12(25-13)10-18-15(24)17-8-11-9-19-16(21(3)4)22(11)5/h9,12-13H,6-8,10H2,1-5H3,(H2,17,18,24). The van der Waals surface area contributed by atoms with Gasteiger partial charge in [-0.2, -0.15) is 0 Å². The van der Waals surface area contributed by atoms with Crippen LogP contribution in [0.5, 0.6) is 0 Å². The average Bonchev–Trinajstić information content (AvgIpc) is 3.17. The molecule has 1 aliphatic heterocycles. The summed E-state index contributed by atoms with van der Waals surface area (Å²) in [5.74, 6) is 0.799. The van der Waals surface area contributed by atoms with E-state index in [2.05, 4.69) is 15.6 Å². The molecule has 2 atom stereocenters. The molecule has 0 bridgehead atoms. The van der Waals surface area contributed by atoms with Crippen molar-refractivity contribution in [1.29, 1.82) is 0 Å². The number of aromatic nitrogens is 2. The number of imidazole rings is 1. The molecule has 0 saturated carbocycles. The van der Waals surface area contributed by atoms with Crippen LogP contribution in [0.1, 0.15) is 18.5 Å². The molecule has 0 spiro atoms. The quantitative estimate of drug-likeness (QED) is 0.747. The molecular formula is C16H28N6O3. The second-order valence-electron chi connectivity index (χ2n) is 6.62. The van der Waals surface area contributed by atoms with Crippen LogP contribution in [0.25, 0.3) is 0 Å². The van der Waals surface area contributed by atoms with Gasteiger partial charge < -0.3 is 29.7 Å². The molecule has 9 nitrogen and oxygen atoms in total. The number of urea groups is 1. The van der Waals surface area contributed by atoms with Crippen molar-refractivity contribution in [3.63, 3.8) is 0 Å². The Morgan fingerprint density at radius 1 is 1.28 bits per heavy atom. The van der Waals surface area contributed by atoms with Gasteiger partial charge in [-0.05, 0) is 12.8 Å². The largest absolute Gasteiger partial charge is 0.363 e. The fourth-order valence-electron chi connectivity index (χ4n) is 2.78. The third-order valence-corrected chi connectivity index (χ3v) is 4.20. The van der Waals surface area contributed by atoms with Crippen LogP contribution in [-0.4, -0.2) is 73.3 Å². The number of hydrogen-bond donors (Lipinski definition) is 2. The summed E-state index contributed by atoms with van der Waals surface area (Å²) in [6.07, 6.45) is 2.67. The van der Waals surface area contributed by atoms with Crippen molar-refractivity contribution < 1.29 is 14.3 Å². The highest BCUT2D eigenvalue weighted by Gasteiger charge is 2.31. The number of carbonyl (C=O) groups excluding carboxylic acids is 2. The molecule has 0 radical (unpaired) electrons. The van der Waals surface area contributed by atoms with Gasteiger partial charge in [0, 0.05) is 41.8 Å². The fraction of sp³-hybridized carbons (Fsp3) is 0.688. The summed E-state index contributed by atoms with van der Waals surface area (Å²) >= 11 is 0. The monoisotopic (exact) mass is 352 g/mol. The zero-order chi connectivity index (χ0) is 18.6. The average molecular weight is 352 g/mol. The predicted octanol–water partition coefficient (Wildman–Crippen LogP) is -0.0789. The SMILES string of the molecule is CN(C)C(=O)C1CCC(CNC(=O)NCc2cnc(N(C)C)n2C)O1. The Balaban J connectivity index is 1.72. The van der Waals surface area contributed by atoms with E-state index in [1.807, 2.05) is 30.6 Å². The molecule has 25 heavy (non-hydrogen) atoms. The van der Waals surface area contributed by atoms with Crippen LogP contribution in [0, 0.1) is 0 Å². The third-order valence-electron chi connectivity index (χ3n) is 4.20. The molecule has 3 amide bonds. The van der Waals surface area contributed by atoms with Gasteiger partial charge in [0.05, 0.1) is 24.5 Å². The number of carbonyl (C=O) groups is 2. The predicted molar refractivity (Wildman–Crippen MR) is 94.4 cm³/mol. The molecular weight excluding hydrogens is 324 g/mol. The third kappa shape index (κ3) is 4.85. The molecule has 1 aliphatic rings. The van der Waals surface area contributed by atoms with E-state index < -0.39 is 6.10 Å². The maximum absolute atomic E-state index is 12.0. The first-order valence-electron chi connectivity index (χ1n) is 8.35. The number of amides is 3. The second-order valence-corrected chi connectivity index (χ2v) is 6.62. The molecule has 2 unspecified atom stereocenters. The van der Waals surface area contributed by atoms with Crippen molar-refractivity contribution in [2.75, 3.05) is 39.6 Å². The molecule has 2 N–H and O–H groups in total. The Morgan fingerprint density at radius 2 is 2.00 bits per heavy atom. The van der Waals surface area contributed by atoms with Crippen molar-refractivity contribution in [3.8, 4) is 0 Å². The number of anilines is 1. The van der Waals surface area contributed by atoms with E-state index in [1.54, 1.807) is 20.3 Å². The van der Waals surface area contributed by atoms with Gasteiger partial charge in [0.25, 0.3) is 5.91 Å². The molecule has 9 heteroatoms. The van der Waals surface area contributed by atoms with Crippen molar-refractivity contribution >= 4 is 17.9 Å². The summed E-state index contributed by atoms with van der Waals surface area (Å²) in [5, 5.41) is 5.60. The highest BCUT2D eigenvalue weighted by Crippen LogP contribution is 2.20. The Hall–Kier alpha value is -2.29. The molecule has 1 aromatic heterocycles. The Labute approximate surface area is 148 Å². The van der Waals surface area contributed by atoms with Gasteiger partial charge >= 0.3 is 6.03 Å². The Kier molecular flexibility index (Phi) is 6.24. The zero-order valence-corrected chi connectivity index (χ0v) is 15.6. The van der Waals surface area contributed by atoms with Crippen molar-refractivity contribution in [2.24, 2.45) is 7.05 Å². The van der Waals surface area contributed by atoms with Crippen LogP contribution in [0.2, 0.25) is 0 Å². The molecule has 2 rings (SSSR count). The number of ether oxygens (including phenoxy) is 1. The van der Waals surface area contributed by atoms with E-state index >= 15 is 0 Å². The van der Waals surface area contributed by atoms with Gasteiger partial charge in [-0.3, -0.25) is 4.79 Å². The number of nitrogens with one attached hydrogen (secondary N) is 2. The summed E-state index contributed by atoms with van der Waals surface area (Å²) in [6, 6.07) is -0.265. The van der Waals surface area contributed by atoms with E-state index in [4.69, 9.17) is 4.74 Å². The van der Waals surface area contributed by atoms with Crippen molar-refractivity contribution in [3.05, 3.63) is 11.9 Å². The zero-order valence-electron chi connectivity index (χ0n) is 15.6. The molecule has 0 aromatic carbocycles. The van der Waals surface area contributed by atoms with Crippen molar-refractivity contribution in [1.82, 2.24) is 25.1 Å². The smallest absolute Gasteiger partial charge is 0.315 e. The fourth-order valence-corrected chi connectivity index (χ4v) is 2.78. The summed E-state index contributed by atoms with van der Waals surface area (Å²) in [5.41, 5.74) is 0.910. The normalized spacial score (nSPS) is 19.6. The molecule has 2 heterocycles. The minimum Gasteiger partial charge on any atom is -0.363 e. The summed E-state index contributed by atoms with van der Waals surface area (Å²) in [4.78, 5) is 31.6. The van der Waals surface area contributed by atoms with Crippen LogP contribution < -0.4 is 15.5 Å². The summed E-state index contributed by atoms with van der Waals surface area (Å²) in [7, 11) is 9.17. The molecule has 1 saturated heterocycles. The van der Waals surface area contributed by atoms with Gasteiger partial charge in [-0.15, -0.1) is 0 Å². The van der Waals surface area contributed by atoms with Crippen molar-refractivity contribution in [2.45, 2.75) is 31.6 Å². The Bertz CT molecular complexity index is 613. The minimum atomic E-state index is -0.399. The first-order chi connectivity index (χ1) is 11.8. The lowest BCUT2D eigenvalue weighted by atomic mass is 10.2. The number of nitrogens with zero attached hydrogens (tertiary/aromatic N) is 4. The van der Waals surface area contributed by atoms with E-state index in [1.165, 1.54) is 4.90 Å². The highest BCUT2D eigenvalue weighted by molar-refractivity contribution is 5.80.